The van der Waals surface area contributed by atoms with Crippen molar-refractivity contribution >= 4 is 29.1 Å². The highest BCUT2D eigenvalue weighted by Crippen LogP contribution is 2.27. The van der Waals surface area contributed by atoms with Gasteiger partial charge in [-0.15, -0.1) is 0 Å². The number of aryl methyl sites for hydroxylation is 1. The van der Waals surface area contributed by atoms with E-state index in [4.69, 9.17) is 21.6 Å². The van der Waals surface area contributed by atoms with Gasteiger partial charge in [-0.05, 0) is 55.7 Å². The van der Waals surface area contributed by atoms with Gasteiger partial charge in [-0.3, -0.25) is 4.98 Å². The van der Waals surface area contributed by atoms with E-state index in [9.17, 15) is 0 Å². The van der Waals surface area contributed by atoms with E-state index in [1.165, 1.54) is 32.1 Å². The summed E-state index contributed by atoms with van der Waals surface area (Å²) in [6.07, 6.45) is 9.74. The third-order valence-corrected chi connectivity index (χ3v) is 5.50. The molecule has 3 aromatic rings. The second kappa shape index (κ2) is 8.57. The molecule has 0 spiro atoms. The summed E-state index contributed by atoms with van der Waals surface area (Å²) >= 11 is 6.15. The first kappa shape index (κ1) is 18.7. The van der Waals surface area contributed by atoms with Crippen LogP contribution in [-0.2, 0) is 0 Å². The highest BCUT2D eigenvalue weighted by molar-refractivity contribution is 6.31. The van der Waals surface area contributed by atoms with Crippen LogP contribution in [0.3, 0.4) is 0 Å². The molecule has 2 aromatic heterocycles. The summed E-state index contributed by atoms with van der Waals surface area (Å²) in [5.41, 5.74) is 3.85. The zero-order valence-corrected chi connectivity index (χ0v) is 16.7. The van der Waals surface area contributed by atoms with Crippen molar-refractivity contribution < 1.29 is 0 Å². The number of benzene rings is 1. The summed E-state index contributed by atoms with van der Waals surface area (Å²) in [6, 6.07) is 12.2. The van der Waals surface area contributed by atoms with Crippen molar-refractivity contribution in [3.8, 4) is 11.3 Å². The summed E-state index contributed by atoms with van der Waals surface area (Å²) in [5, 5.41) is 7.69. The zero-order chi connectivity index (χ0) is 19.3. The van der Waals surface area contributed by atoms with Gasteiger partial charge in [0.15, 0.2) is 0 Å². The van der Waals surface area contributed by atoms with Gasteiger partial charge in [-0.1, -0.05) is 30.9 Å². The van der Waals surface area contributed by atoms with Gasteiger partial charge in [0.05, 0.1) is 5.69 Å². The predicted molar refractivity (Wildman–Crippen MR) is 115 cm³/mol. The van der Waals surface area contributed by atoms with Crippen LogP contribution < -0.4 is 10.6 Å². The molecule has 2 N–H and O–H groups in total. The van der Waals surface area contributed by atoms with Crippen LogP contribution in [0.25, 0.3) is 11.3 Å². The Kier molecular flexibility index (Phi) is 5.72. The molecule has 1 aliphatic carbocycles. The number of aromatic nitrogens is 3. The van der Waals surface area contributed by atoms with Crippen LogP contribution in [0.2, 0.25) is 5.02 Å². The number of halogens is 1. The van der Waals surface area contributed by atoms with Crippen molar-refractivity contribution in [3.63, 3.8) is 0 Å². The predicted octanol–water partition coefficient (Wildman–Crippen LogP) is 5.99. The highest BCUT2D eigenvalue weighted by atomic mass is 35.5. The fourth-order valence-electron chi connectivity index (χ4n) is 3.55. The molecule has 0 radical (unpaired) electrons. The first-order chi connectivity index (χ1) is 13.7. The van der Waals surface area contributed by atoms with Crippen molar-refractivity contribution in [2.45, 2.75) is 45.1 Å². The Labute approximate surface area is 170 Å². The Hall–Kier alpha value is -2.66. The maximum Gasteiger partial charge on any atom is 0.225 e. The lowest BCUT2D eigenvalue weighted by Crippen LogP contribution is -2.23. The molecule has 28 heavy (non-hydrogen) atoms. The van der Waals surface area contributed by atoms with Gasteiger partial charge in [0.25, 0.3) is 0 Å². The number of rotatable bonds is 5. The molecular weight excluding hydrogens is 370 g/mol. The van der Waals surface area contributed by atoms with Crippen LogP contribution in [-0.4, -0.2) is 21.0 Å². The summed E-state index contributed by atoms with van der Waals surface area (Å²) < 4.78 is 0. The molecule has 6 heteroatoms. The maximum absolute atomic E-state index is 6.15. The van der Waals surface area contributed by atoms with Gasteiger partial charge in [-0.2, -0.15) is 4.98 Å². The number of hydrogen-bond acceptors (Lipinski definition) is 5. The Bertz CT molecular complexity index is 939. The normalized spacial score (nSPS) is 14.6. The molecule has 2 heterocycles. The fourth-order valence-corrected chi connectivity index (χ4v) is 3.66. The molecule has 0 bridgehead atoms. The van der Waals surface area contributed by atoms with Crippen LogP contribution in [0.4, 0.5) is 17.5 Å². The summed E-state index contributed by atoms with van der Waals surface area (Å²) in [5.74, 6) is 1.41. The van der Waals surface area contributed by atoms with E-state index in [1.54, 1.807) is 12.4 Å². The lowest BCUT2D eigenvalue weighted by atomic mass is 9.96. The van der Waals surface area contributed by atoms with E-state index in [2.05, 4.69) is 15.6 Å². The van der Waals surface area contributed by atoms with E-state index in [0.29, 0.717) is 12.0 Å². The summed E-state index contributed by atoms with van der Waals surface area (Å²) in [7, 11) is 0. The zero-order valence-electron chi connectivity index (χ0n) is 16.0. The molecule has 1 aliphatic rings. The molecule has 0 amide bonds. The first-order valence-electron chi connectivity index (χ1n) is 9.76. The van der Waals surface area contributed by atoms with Gasteiger partial charge in [0.1, 0.15) is 5.82 Å². The molecule has 5 nitrogen and oxygen atoms in total. The van der Waals surface area contributed by atoms with E-state index in [0.717, 1.165) is 33.3 Å². The molecule has 0 saturated heterocycles. The standard InChI is InChI=1S/C22H24ClN5/c1-15-13-18(7-8-19(15)23)25-21-14-20(16-9-11-24-12-10-16)27-22(28-21)26-17-5-3-2-4-6-17/h7-14,17H,2-6H2,1H3,(H2,25,26,27,28). The maximum atomic E-state index is 6.15. The number of anilines is 3. The minimum Gasteiger partial charge on any atom is -0.351 e. The van der Waals surface area contributed by atoms with Crippen LogP contribution in [0.1, 0.15) is 37.7 Å². The van der Waals surface area contributed by atoms with Gasteiger partial charge in [0, 0.05) is 40.8 Å². The van der Waals surface area contributed by atoms with Gasteiger partial charge < -0.3 is 10.6 Å². The molecule has 0 atom stereocenters. The quantitative estimate of drug-likeness (QED) is 0.557. The molecular formula is C22H24ClN5. The topological polar surface area (TPSA) is 62.7 Å². The Morgan fingerprint density at radius 3 is 2.50 bits per heavy atom. The largest absolute Gasteiger partial charge is 0.351 e. The summed E-state index contributed by atoms with van der Waals surface area (Å²) in [4.78, 5) is 13.6. The molecule has 4 rings (SSSR count). The number of pyridine rings is 1. The average molecular weight is 394 g/mol. The summed E-state index contributed by atoms with van der Waals surface area (Å²) in [6.45, 7) is 1.99. The van der Waals surface area contributed by atoms with Gasteiger partial charge in [0.2, 0.25) is 5.95 Å². The third kappa shape index (κ3) is 4.60. The minimum atomic E-state index is 0.437. The SMILES string of the molecule is Cc1cc(Nc2cc(-c3ccncc3)nc(NC3CCCCC3)n2)ccc1Cl. The second-order valence-electron chi connectivity index (χ2n) is 7.27. The van der Waals surface area contributed by atoms with Gasteiger partial charge in [-0.25, -0.2) is 4.98 Å². The highest BCUT2D eigenvalue weighted by Gasteiger charge is 2.15. The Morgan fingerprint density at radius 1 is 0.964 bits per heavy atom. The molecule has 1 aromatic carbocycles. The van der Waals surface area contributed by atoms with Crippen LogP contribution >= 0.6 is 11.6 Å². The second-order valence-corrected chi connectivity index (χ2v) is 7.67. The Balaban J connectivity index is 1.65. The minimum absolute atomic E-state index is 0.437. The van der Waals surface area contributed by atoms with Crippen molar-refractivity contribution in [3.05, 3.63) is 59.4 Å². The van der Waals surface area contributed by atoms with Crippen molar-refractivity contribution in [1.82, 2.24) is 15.0 Å². The monoisotopic (exact) mass is 393 g/mol. The number of nitrogens with one attached hydrogen (secondary N) is 2. The van der Waals surface area contributed by atoms with Gasteiger partial charge >= 0.3 is 0 Å². The smallest absolute Gasteiger partial charge is 0.225 e. The molecule has 0 unspecified atom stereocenters. The molecule has 0 aliphatic heterocycles. The molecule has 144 valence electrons. The third-order valence-electron chi connectivity index (χ3n) is 5.07. The number of hydrogen-bond donors (Lipinski definition) is 2. The van der Waals surface area contributed by atoms with E-state index in [1.807, 2.05) is 43.3 Å². The van der Waals surface area contributed by atoms with E-state index in [-0.39, 0.29) is 0 Å². The van der Waals surface area contributed by atoms with E-state index < -0.39 is 0 Å². The van der Waals surface area contributed by atoms with Crippen LogP contribution in [0.15, 0.2) is 48.8 Å². The Morgan fingerprint density at radius 2 is 1.75 bits per heavy atom. The first-order valence-corrected chi connectivity index (χ1v) is 10.1. The molecule has 1 saturated carbocycles. The lowest BCUT2D eigenvalue weighted by Gasteiger charge is -2.23. The average Bonchev–Trinajstić information content (AvgIpc) is 2.72. The van der Waals surface area contributed by atoms with Crippen LogP contribution in [0, 0.1) is 6.92 Å². The molecule has 1 fully saturated rings. The number of nitrogens with zero attached hydrogens (tertiary/aromatic N) is 3. The van der Waals surface area contributed by atoms with Crippen LogP contribution in [0.5, 0.6) is 0 Å². The van der Waals surface area contributed by atoms with E-state index >= 15 is 0 Å². The lowest BCUT2D eigenvalue weighted by molar-refractivity contribution is 0.461. The van der Waals surface area contributed by atoms with Crippen molar-refractivity contribution in [2.24, 2.45) is 0 Å². The van der Waals surface area contributed by atoms with Crippen molar-refractivity contribution in [1.29, 1.82) is 0 Å². The van der Waals surface area contributed by atoms with Crippen molar-refractivity contribution in [2.75, 3.05) is 10.6 Å². The fraction of sp³-hybridized carbons (Fsp3) is 0.318.